The van der Waals surface area contributed by atoms with Crippen LogP contribution >= 0.6 is 0 Å². The second kappa shape index (κ2) is 7.77. The zero-order valence-electron chi connectivity index (χ0n) is 17.7. The fourth-order valence-electron chi connectivity index (χ4n) is 3.90. The number of nitrogens with zero attached hydrogens (tertiary/aromatic N) is 4. The van der Waals surface area contributed by atoms with Crippen LogP contribution in [0.2, 0.25) is 0 Å². The summed E-state index contributed by atoms with van der Waals surface area (Å²) >= 11 is 0. The summed E-state index contributed by atoms with van der Waals surface area (Å²) in [7, 11) is 0. The molecule has 158 valence electrons. The van der Waals surface area contributed by atoms with E-state index in [0.29, 0.717) is 29.0 Å². The maximum Gasteiger partial charge on any atom is 0.272 e. The lowest BCUT2D eigenvalue weighted by atomic mass is 10.1. The van der Waals surface area contributed by atoms with E-state index in [1.165, 1.54) is 0 Å². The molecule has 0 unspecified atom stereocenters. The van der Waals surface area contributed by atoms with Crippen molar-refractivity contribution >= 4 is 33.7 Å². The van der Waals surface area contributed by atoms with Gasteiger partial charge >= 0.3 is 0 Å². The number of carbonyl (C=O) groups excluding carboxylic acids is 1. The Labute approximate surface area is 184 Å². The number of rotatable bonds is 4. The number of para-hydroxylation sites is 2. The molecule has 1 N–H and O–H groups in total. The monoisotopic (exact) mass is 423 g/mol. The number of imidazole rings is 1. The maximum absolute atomic E-state index is 12.8. The Morgan fingerprint density at radius 1 is 0.969 bits per heavy atom. The average Bonchev–Trinajstić information content (AvgIpc) is 3.24. The van der Waals surface area contributed by atoms with E-state index in [2.05, 4.69) is 15.3 Å². The number of carbonyl (C=O) groups is 1. The molecule has 0 aliphatic rings. The molecule has 1 amide bonds. The van der Waals surface area contributed by atoms with Gasteiger partial charge in [0.2, 0.25) is 0 Å². The van der Waals surface area contributed by atoms with E-state index in [1.807, 2.05) is 60.0 Å². The summed E-state index contributed by atoms with van der Waals surface area (Å²) < 4.78 is 3.67. The summed E-state index contributed by atoms with van der Waals surface area (Å²) in [5.41, 5.74) is 5.73. The predicted molar refractivity (Wildman–Crippen MR) is 125 cm³/mol. The number of nitrogens with one attached hydrogen (secondary N) is 1. The van der Waals surface area contributed by atoms with Crippen molar-refractivity contribution in [2.75, 3.05) is 5.32 Å². The van der Waals surface area contributed by atoms with Crippen LogP contribution in [0.15, 0.2) is 77.9 Å². The van der Waals surface area contributed by atoms with Crippen LogP contribution in [0.3, 0.4) is 0 Å². The lowest BCUT2D eigenvalue weighted by molar-refractivity contribution is 0.102. The molecule has 3 aromatic carbocycles. The first kappa shape index (κ1) is 19.7. The Morgan fingerprint density at radius 2 is 1.75 bits per heavy atom. The number of hydrogen-bond acceptors (Lipinski definition) is 4. The second-order valence-electron chi connectivity index (χ2n) is 7.55. The van der Waals surface area contributed by atoms with E-state index in [9.17, 15) is 9.59 Å². The maximum atomic E-state index is 12.8. The highest BCUT2D eigenvalue weighted by atomic mass is 16.1. The van der Waals surface area contributed by atoms with Gasteiger partial charge in [-0.25, -0.2) is 9.97 Å². The molecule has 0 bridgehead atoms. The van der Waals surface area contributed by atoms with Crippen LogP contribution in [-0.2, 0) is 6.54 Å². The van der Waals surface area contributed by atoms with Gasteiger partial charge < -0.3 is 9.88 Å². The summed E-state index contributed by atoms with van der Waals surface area (Å²) in [6, 6.07) is 20.7. The summed E-state index contributed by atoms with van der Waals surface area (Å²) in [5.74, 6) is -0.235. The fourth-order valence-corrected chi connectivity index (χ4v) is 3.90. The van der Waals surface area contributed by atoms with Crippen LogP contribution in [-0.4, -0.2) is 25.0 Å². The molecule has 0 atom stereocenters. The van der Waals surface area contributed by atoms with Crippen molar-refractivity contribution in [2.24, 2.45) is 0 Å². The van der Waals surface area contributed by atoms with Gasteiger partial charge in [0.25, 0.3) is 11.5 Å². The molecule has 5 aromatic rings. The lowest BCUT2D eigenvalue weighted by Crippen LogP contribution is -2.23. The summed E-state index contributed by atoms with van der Waals surface area (Å²) in [5, 5.41) is 2.93. The van der Waals surface area contributed by atoms with Gasteiger partial charge in [-0.05, 0) is 68.4 Å². The van der Waals surface area contributed by atoms with E-state index in [0.717, 1.165) is 22.2 Å². The molecular weight excluding hydrogens is 402 g/mol. The number of hydrogen-bond donors (Lipinski definition) is 1. The van der Waals surface area contributed by atoms with E-state index in [-0.39, 0.29) is 11.5 Å². The van der Waals surface area contributed by atoms with Crippen LogP contribution in [0.5, 0.6) is 0 Å². The van der Waals surface area contributed by atoms with Crippen molar-refractivity contribution in [1.82, 2.24) is 19.1 Å². The Balaban J connectivity index is 1.41. The largest absolute Gasteiger partial charge is 0.322 e. The van der Waals surface area contributed by atoms with Gasteiger partial charge in [0, 0.05) is 23.5 Å². The van der Waals surface area contributed by atoms with Crippen molar-refractivity contribution in [3.8, 4) is 5.69 Å². The van der Waals surface area contributed by atoms with Gasteiger partial charge in [0.15, 0.2) is 0 Å². The van der Waals surface area contributed by atoms with E-state index < -0.39 is 0 Å². The first-order chi connectivity index (χ1) is 15.5. The minimum absolute atomic E-state index is 0.108. The molecule has 0 spiro atoms. The SMILES string of the molecule is CCn1c(=O)c(C)nc2cc(C(=O)Nc3ccc(-n4cnc5ccccc54)cc3)ccc21. The van der Waals surface area contributed by atoms with Crippen LogP contribution in [0.25, 0.3) is 27.8 Å². The highest BCUT2D eigenvalue weighted by Gasteiger charge is 2.12. The topological polar surface area (TPSA) is 81.8 Å². The van der Waals surface area contributed by atoms with Gasteiger partial charge in [-0.1, -0.05) is 12.1 Å². The van der Waals surface area contributed by atoms with Crippen molar-refractivity contribution in [2.45, 2.75) is 20.4 Å². The molecule has 5 rings (SSSR count). The molecule has 0 fully saturated rings. The molecule has 0 aliphatic heterocycles. The number of benzene rings is 3. The average molecular weight is 423 g/mol. The lowest BCUT2D eigenvalue weighted by Gasteiger charge is -2.11. The van der Waals surface area contributed by atoms with Gasteiger partial charge in [-0.15, -0.1) is 0 Å². The number of amides is 1. The van der Waals surface area contributed by atoms with Gasteiger partial charge in [-0.2, -0.15) is 0 Å². The normalized spacial score (nSPS) is 11.2. The Bertz CT molecular complexity index is 1530. The Kier molecular flexibility index (Phi) is 4.78. The molecule has 7 heteroatoms. The molecule has 0 aliphatic carbocycles. The molecule has 7 nitrogen and oxygen atoms in total. The zero-order chi connectivity index (χ0) is 22.2. The van der Waals surface area contributed by atoms with Crippen molar-refractivity contribution < 1.29 is 4.79 Å². The van der Waals surface area contributed by atoms with E-state index >= 15 is 0 Å². The van der Waals surface area contributed by atoms with Crippen molar-refractivity contribution in [3.05, 3.63) is 94.7 Å². The predicted octanol–water partition coefficient (Wildman–Crippen LogP) is 4.32. The standard InChI is InChI=1S/C25H21N5O2/c1-3-29-23-13-8-17(14-21(23)27-16(2)25(29)32)24(31)28-18-9-11-19(12-10-18)30-15-26-20-6-4-5-7-22(20)30/h4-15H,3H2,1-2H3,(H,28,31). The quantitative estimate of drug-likeness (QED) is 0.467. The van der Waals surface area contributed by atoms with Crippen molar-refractivity contribution in [3.63, 3.8) is 0 Å². The Morgan fingerprint density at radius 3 is 2.53 bits per heavy atom. The number of aromatic nitrogens is 4. The molecular formula is C25H21N5O2. The molecule has 2 aromatic heterocycles. The Hall–Kier alpha value is -4.26. The first-order valence-electron chi connectivity index (χ1n) is 10.4. The van der Waals surface area contributed by atoms with Gasteiger partial charge in [-0.3, -0.25) is 14.2 Å². The summed E-state index contributed by atoms with van der Waals surface area (Å²) in [4.78, 5) is 33.9. The minimum Gasteiger partial charge on any atom is -0.322 e. The minimum atomic E-state index is -0.235. The van der Waals surface area contributed by atoms with Gasteiger partial charge in [0.05, 0.1) is 22.1 Å². The van der Waals surface area contributed by atoms with Gasteiger partial charge in [0.1, 0.15) is 12.0 Å². The molecule has 32 heavy (non-hydrogen) atoms. The number of fused-ring (bicyclic) bond motifs is 2. The van der Waals surface area contributed by atoms with Crippen LogP contribution < -0.4 is 10.9 Å². The number of anilines is 1. The third-order valence-electron chi connectivity index (χ3n) is 5.54. The third kappa shape index (κ3) is 3.33. The molecule has 0 radical (unpaired) electrons. The smallest absolute Gasteiger partial charge is 0.272 e. The molecule has 0 saturated carbocycles. The highest BCUT2D eigenvalue weighted by molar-refractivity contribution is 6.06. The molecule has 0 saturated heterocycles. The summed E-state index contributed by atoms with van der Waals surface area (Å²) in [6.45, 7) is 4.14. The van der Waals surface area contributed by atoms with Crippen LogP contribution in [0.1, 0.15) is 23.0 Å². The third-order valence-corrected chi connectivity index (χ3v) is 5.54. The summed E-state index contributed by atoms with van der Waals surface area (Å²) in [6.07, 6.45) is 1.79. The number of aryl methyl sites for hydroxylation is 2. The second-order valence-corrected chi connectivity index (χ2v) is 7.55. The van der Waals surface area contributed by atoms with E-state index in [4.69, 9.17) is 0 Å². The van der Waals surface area contributed by atoms with Crippen LogP contribution in [0, 0.1) is 6.92 Å². The zero-order valence-corrected chi connectivity index (χ0v) is 17.7. The highest BCUT2D eigenvalue weighted by Crippen LogP contribution is 2.20. The van der Waals surface area contributed by atoms with E-state index in [1.54, 1.807) is 36.0 Å². The fraction of sp³-hybridized carbons (Fsp3) is 0.120. The first-order valence-corrected chi connectivity index (χ1v) is 10.4. The molecule has 2 heterocycles. The van der Waals surface area contributed by atoms with Crippen molar-refractivity contribution in [1.29, 1.82) is 0 Å². The van der Waals surface area contributed by atoms with Crippen LogP contribution in [0.4, 0.5) is 5.69 Å².